The van der Waals surface area contributed by atoms with Gasteiger partial charge in [-0.2, -0.15) is 0 Å². The predicted octanol–water partition coefficient (Wildman–Crippen LogP) is 2.89. The first-order valence-electron chi connectivity index (χ1n) is 19.2. The van der Waals surface area contributed by atoms with Crippen LogP contribution in [0.2, 0.25) is 0 Å². The summed E-state index contributed by atoms with van der Waals surface area (Å²) < 4.78 is 1.72. The monoisotopic (exact) mass is 776 g/mol. The van der Waals surface area contributed by atoms with E-state index in [0.717, 1.165) is 24.8 Å². The molecule has 4 amide bonds. The topological polar surface area (TPSA) is 192 Å². The summed E-state index contributed by atoms with van der Waals surface area (Å²) in [4.78, 5) is 72.6. The number of amides is 4. The Labute approximate surface area is 327 Å². The van der Waals surface area contributed by atoms with E-state index in [1.54, 1.807) is 42.9 Å². The fourth-order valence-corrected chi connectivity index (χ4v) is 7.75. The molecule has 0 unspecified atom stereocenters. The van der Waals surface area contributed by atoms with Crippen LogP contribution in [0.15, 0.2) is 35.8 Å². The van der Waals surface area contributed by atoms with E-state index in [1.807, 2.05) is 39.1 Å². The molecule has 2 aromatic heterocycles. The molecule has 16 heteroatoms. The highest BCUT2D eigenvalue weighted by molar-refractivity contribution is 7.14. The number of likely N-dealkylation sites (tertiary alicyclic amines) is 1. The molecular weight excluding hydrogens is 721 g/mol. The fourth-order valence-electron chi connectivity index (χ4n) is 7.04. The van der Waals surface area contributed by atoms with Gasteiger partial charge in [-0.15, -0.1) is 16.4 Å². The van der Waals surface area contributed by atoms with Gasteiger partial charge < -0.3 is 31.5 Å². The lowest BCUT2D eigenvalue weighted by molar-refractivity contribution is -0.144. The summed E-state index contributed by atoms with van der Waals surface area (Å²) in [5.74, 6) is -1.02. The third-order valence-corrected chi connectivity index (χ3v) is 11.4. The van der Waals surface area contributed by atoms with E-state index >= 15 is 0 Å². The van der Waals surface area contributed by atoms with Gasteiger partial charge >= 0.3 is 0 Å². The zero-order valence-corrected chi connectivity index (χ0v) is 33.8. The maximum absolute atomic E-state index is 14.5. The molecule has 3 heterocycles. The molecule has 0 bridgehead atoms. The molecule has 2 aliphatic rings. The van der Waals surface area contributed by atoms with Gasteiger partial charge in [0.15, 0.2) is 5.13 Å². The van der Waals surface area contributed by atoms with Crippen molar-refractivity contribution in [3.05, 3.63) is 58.4 Å². The highest BCUT2D eigenvalue weighted by Crippen LogP contribution is 2.34. The number of ketones is 1. The molecule has 3 aromatic rings. The van der Waals surface area contributed by atoms with Crippen LogP contribution in [0.1, 0.15) is 101 Å². The van der Waals surface area contributed by atoms with Gasteiger partial charge in [0.2, 0.25) is 23.6 Å². The average Bonchev–Trinajstić information content (AvgIpc) is 3.93. The SMILES string of the molecule is CN[C@@H](C)C(=O)Nc1nc(CC(=O)CCCc2cn([C@H]3C[C@@H](C(=O)N[C@@H]4CCCc5ccccc54)N(C(=O)[C@@H](NC(=O)[C@H](C)NC)C(C)(C)C)C3)nn2)cs1. The summed E-state index contributed by atoms with van der Waals surface area (Å²) in [5, 5.41) is 25.8. The number of fused-ring (bicyclic) bond motifs is 1. The largest absolute Gasteiger partial charge is 0.347 e. The molecule has 0 spiro atoms. The average molecular weight is 777 g/mol. The van der Waals surface area contributed by atoms with E-state index in [-0.39, 0.29) is 60.5 Å². The Bertz CT molecular complexity index is 1840. The standard InChI is InChI=1S/C39H56N10O5S/c1-23(40-6)34(51)44-33(39(3,4)5)37(54)48-21-28(19-32(48)36(53)43-31-17-10-13-25-12-8-9-16-30(25)31)49-20-26(46-47-49)14-11-15-29(50)18-27-22-55-38(42-27)45-35(52)24(2)41-7/h8-9,12,16,20,22-24,28,31-33,40-41H,10-11,13-15,17-19,21H2,1-7H3,(H,43,53)(H,44,51)(H,42,45,52)/t23-,24-,28-,31+,32-,33+/m0/s1. The molecule has 1 fully saturated rings. The number of nitrogens with one attached hydrogen (secondary N) is 5. The van der Waals surface area contributed by atoms with Gasteiger partial charge in [0, 0.05) is 37.4 Å². The Kier molecular flexibility index (Phi) is 13.9. The maximum Gasteiger partial charge on any atom is 0.246 e. The minimum atomic E-state index is -0.874. The summed E-state index contributed by atoms with van der Waals surface area (Å²) in [5.41, 5.74) is 3.01. The quantitative estimate of drug-likeness (QED) is 0.145. The maximum atomic E-state index is 14.5. The number of anilines is 1. The number of nitrogens with zero attached hydrogens (tertiary/aromatic N) is 5. The number of rotatable bonds is 16. The molecule has 15 nitrogen and oxygen atoms in total. The second kappa shape index (κ2) is 18.4. The number of carbonyl (C=O) groups excluding carboxylic acids is 5. The molecule has 1 saturated heterocycles. The molecule has 0 radical (unpaired) electrons. The highest BCUT2D eigenvalue weighted by Gasteiger charge is 2.46. The molecule has 0 saturated carbocycles. The van der Waals surface area contributed by atoms with Crippen LogP contribution in [0, 0.1) is 5.41 Å². The van der Waals surface area contributed by atoms with Crippen molar-refractivity contribution >= 4 is 45.9 Å². The van der Waals surface area contributed by atoms with Crippen molar-refractivity contribution in [2.45, 2.75) is 122 Å². The minimum Gasteiger partial charge on any atom is -0.347 e. The van der Waals surface area contributed by atoms with Crippen molar-refractivity contribution < 1.29 is 24.0 Å². The van der Waals surface area contributed by atoms with Gasteiger partial charge in [0.25, 0.3) is 0 Å². The number of aryl methyl sites for hydroxylation is 2. The number of aromatic nitrogens is 4. The number of likely N-dealkylation sites (N-methyl/N-ethyl adjacent to an activating group) is 2. The van der Waals surface area contributed by atoms with Crippen LogP contribution in [0.25, 0.3) is 0 Å². The molecule has 1 aromatic carbocycles. The Morgan fingerprint density at radius 2 is 1.73 bits per heavy atom. The first-order valence-corrected chi connectivity index (χ1v) is 20.1. The Hall–Kier alpha value is -4.54. The van der Waals surface area contributed by atoms with E-state index in [9.17, 15) is 24.0 Å². The van der Waals surface area contributed by atoms with Crippen LogP contribution in [0.5, 0.6) is 0 Å². The van der Waals surface area contributed by atoms with Crippen molar-refractivity contribution in [1.29, 1.82) is 0 Å². The second-order valence-electron chi connectivity index (χ2n) is 15.8. The Morgan fingerprint density at radius 3 is 2.45 bits per heavy atom. The predicted molar refractivity (Wildman–Crippen MR) is 210 cm³/mol. The third kappa shape index (κ3) is 10.6. The van der Waals surface area contributed by atoms with Crippen LogP contribution in [-0.2, 0) is 43.2 Å². The lowest BCUT2D eigenvalue weighted by atomic mass is 9.85. The zero-order chi connectivity index (χ0) is 39.9. The van der Waals surface area contributed by atoms with Crippen molar-refractivity contribution in [3.8, 4) is 0 Å². The van der Waals surface area contributed by atoms with E-state index in [1.165, 1.54) is 16.9 Å². The molecule has 1 aliphatic carbocycles. The lowest BCUT2D eigenvalue weighted by Crippen LogP contribution is -2.59. The van der Waals surface area contributed by atoms with E-state index in [0.29, 0.717) is 42.2 Å². The van der Waals surface area contributed by atoms with E-state index in [4.69, 9.17) is 0 Å². The fraction of sp³-hybridized carbons (Fsp3) is 0.590. The Morgan fingerprint density at radius 1 is 1.00 bits per heavy atom. The molecule has 5 N–H and O–H groups in total. The molecular formula is C39H56N10O5S. The van der Waals surface area contributed by atoms with Crippen LogP contribution >= 0.6 is 11.3 Å². The molecule has 55 heavy (non-hydrogen) atoms. The summed E-state index contributed by atoms with van der Waals surface area (Å²) in [6, 6.07) is 5.14. The van der Waals surface area contributed by atoms with Gasteiger partial charge in [-0.1, -0.05) is 50.3 Å². The Balaban J connectivity index is 1.25. The molecule has 5 rings (SSSR count). The van der Waals surface area contributed by atoms with Crippen molar-refractivity contribution in [3.63, 3.8) is 0 Å². The van der Waals surface area contributed by atoms with Gasteiger partial charge in [-0.25, -0.2) is 9.67 Å². The zero-order valence-electron chi connectivity index (χ0n) is 33.0. The van der Waals surface area contributed by atoms with Crippen LogP contribution in [-0.4, -0.2) is 99.1 Å². The van der Waals surface area contributed by atoms with Crippen LogP contribution in [0.4, 0.5) is 5.13 Å². The van der Waals surface area contributed by atoms with Crippen LogP contribution < -0.4 is 26.6 Å². The number of benzene rings is 1. The van der Waals surface area contributed by atoms with Gasteiger partial charge in [0.05, 0.1) is 35.6 Å². The normalized spacial score (nSPS) is 19.9. The van der Waals surface area contributed by atoms with Crippen molar-refractivity contribution in [2.24, 2.45) is 5.41 Å². The summed E-state index contributed by atoms with van der Waals surface area (Å²) in [6.45, 7) is 9.39. The number of Topliss-reactive ketones (excluding diaryl/α,β-unsaturated/α-hetero) is 1. The lowest BCUT2D eigenvalue weighted by Gasteiger charge is -2.36. The van der Waals surface area contributed by atoms with Crippen molar-refractivity contribution in [1.82, 2.24) is 46.1 Å². The molecule has 1 aliphatic heterocycles. The van der Waals surface area contributed by atoms with E-state index < -0.39 is 23.5 Å². The summed E-state index contributed by atoms with van der Waals surface area (Å²) >= 11 is 1.29. The molecule has 298 valence electrons. The smallest absolute Gasteiger partial charge is 0.246 e. The van der Waals surface area contributed by atoms with Gasteiger partial charge in [-0.05, 0) is 76.6 Å². The molecule has 6 atom stereocenters. The second-order valence-corrected chi connectivity index (χ2v) is 16.6. The number of thiazole rings is 1. The first kappa shape index (κ1) is 41.6. The number of carbonyl (C=O) groups is 5. The first-order chi connectivity index (χ1) is 26.2. The third-order valence-electron chi connectivity index (χ3n) is 10.6. The summed E-state index contributed by atoms with van der Waals surface area (Å²) in [6.07, 6.45) is 6.46. The summed E-state index contributed by atoms with van der Waals surface area (Å²) in [7, 11) is 3.39. The minimum absolute atomic E-state index is 0.0307. The van der Waals surface area contributed by atoms with Gasteiger partial charge in [0.1, 0.15) is 17.9 Å². The van der Waals surface area contributed by atoms with Crippen molar-refractivity contribution in [2.75, 3.05) is 26.0 Å². The number of hydrogen-bond acceptors (Lipinski definition) is 11. The van der Waals surface area contributed by atoms with Gasteiger partial charge in [-0.3, -0.25) is 24.0 Å². The highest BCUT2D eigenvalue weighted by atomic mass is 32.1. The van der Waals surface area contributed by atoms with Crippen LogP contribution in [0.3, 0.4) is 0 Å². The van der Waals surface area contributed by atoms with E-state index in [2.05, 4.69) is 54.0 Å². The number of hydrogen-bond donors (Lipinski definition) is 5.